The Morgan fingerprint density at radius 2 is 2.00 bits per heavy atom. The zero-order valence-corrected chi connectivity index (χ0v) is 12.0. The van der Waals surface area contributed by atoms with Gasteiger partial charge in [-0.3, -0.25) is 0 Å². The van der Waals surface area contributed by atoms with Crippen LogP contribution in [0.3, 0.4) is 0 Å². The van der Waals surface area contributed by atoms with Crippen LogP contribution in [0.4, 0.5) is 4.39 Å². The highest BCUT2D eigenvalue weighted by Gasteiger charge is 2.08. The van der Waals surface area contributed by atoms with Crippen molar-refractivity contribution in [1.82, 2.24) is 0 Å². The van der Waals surface area contributed by atoms with Crippen LogP contribution in [0.2, 0.25) is 5.02 Å². The summed E-state index contributed by atoms with van der Waals surface area (Å²) in [5.74, 6) is 0.182. The smallest absolute Gasteiger partial charge is 0.128 e. The van der Waals surface area contributed by atoms with Crippen molar-refractivity contribution in [3.63, 3.8) is 0 Å². The van der Waals surface area contributed by atoms with Crippen LogP contribution in [-0.4, -0.2) is 5.11 Å². The summed E-state index contributed by atoms with van der Waals surface area (Å²) in [5.41, 5.74) is 1.36. The highest BCUT2D eigenvalue weighted by Crippen LogP contribution is 2.29. The summed E-state index contributed by atoms with van der Waals surface area (Å²) < 4.78 is 13.6. The Kier molecular flexibility index (Phi) is 4.86. The minimum Gasteiger partial charge on any atom is -0.389 e. The van der Waals surface area contributed by atoms with Gasteiger partial charge in [0.15, 0.2) is 0 Å². The maximum absolute atomic E-state index is 13.6. The monoisotopic (exact) mass is 296 g/mol. The lowest BCUT2D eigenvalue weighted by Crippen LogP contribution is -1.92. The van der Waals surface area contributed by atoms with Crippen molar-refractivity contribution in [2.45, 2.75) is 23.7 Å². The van der Waals surface area contributed by atoms with Gasteiger partial charge in [0.25, 0.3) is 0 Å². The highest BCUT2D eigenvalue weighted by atomic mass is 35.5. The molecule has 0 heterocycles. The number of aliphatic hydroxyl groups excluding tert-OH is 1. The van der Waals surface area contributed by atoms with E-state index in [4.69, 9.17) is 11.6 Å². The summed E-state index contributed by atoms with van der Waals surface area (Å²) in [6.45, 7) is 1.72. The van der Waals surface area contributed by atoms with Crippen molar-refractivity contribution < 1.29 is 9.50 Å². The van der Waals surface area contributed by atoms with Crippen molar-refractivity contribution in [1.29, 1.82) is 0 Å². The molecule has 100 valence electrons. The van der Waals surface area contributed by atoms with Gasteiger partial charge in [-0.05, 0) is 36.8 Å². The van der Waals surface area contributed by atoms with Crippen LogP contribution < -0.4 is 0 Å². The number of rotatable bonds is 4. The first-order valence-corrected chi connectivity index (χ1v) is 7.28. The van der Waals surface area contributed by atoms with Gasteiger partial charge in [0, 0.05) is 21.2 Å². The van der Waals surface area contributed by atoms with Crippen LogP contribution in [0.5, 0.6) is 0 Å². The molecule has 0 saturated carbocycles. The van der Waals surface area contributed by atoms with Crippen molar-refractivity contribution in [2.24, 2.45) is 0 Å². The maximum Gasteiger partial charge on any atom is 0.128 e. The average molecular weight is 297 g/mol. The van der Waals surface area contributed by atoms with E-state index >= 15 is 0 Å². The fraction of sp³-hybridized carbons (Fsp3) is 0.200. The van der Waals surface area contributed by atoms with E-state index in [1.165, 1.54) is 17.8 Å². The fourth-order valence-corrected chi connectivity index (χ4v) is 3.00. The second-order valence-corrected chi connectivity index (χ2v) is 5.69. The zero-order valence-electron chi connectivity index (χ0n) is 10.4. The number of benzene rings is 2. The Morgan fingerprint density at radius 1 is 1.26 bits per heavy atom. The Balaban J connectivity index is 2.12. The summed E-state index contributed by atoms with van der Waals surface area (Å²) in [4.78, 5) is 0.984. The van der Waals surface area contributed by atoms with Gasteiger partial charge < -0.3 is 5.11 Å². The van der Waals surface area contributed by atoms with Crippen molar-refractivity contribution in [3.05, 3.63) is 64.4 Å². The molecule has 1 unspecified atom stereocenters. The van der Waals surface area contributed by atoms with E-state index in [0.717, 1.165) is 10.5 Å². The van der Waals surface area contributed by atoms with E-state index in [9.17, 15) is 9.50 Å². The van der Waals surface area contributed by atoms with Crippen molar-refractivity contribution in [3.8, 4) is 0 Å². The summed E-state index contributed by atoms with van der Waals surface area (Å²) in [6.07, 6.45) is -0.502. The molecule has 0 bridgehead atoms. The lowest BCUT2D eigenvalue weighted by atomic mass is 10.1. The first-order valence-electron chi connectivity index (χ1n) is 5.91. The van der Waals surface area contributed by atoms with Gasteiger partial charge in [0.1, 0.15) is 5.82 Å². The minimum absolute atomic E-state index is 0.285. The van der Waals surface area contributed by atoms with E-state index in [-0.39, 0.29) is 5.82 Å². The van der Waals surface area contributed by atoms with E-state index in [0.29, 0.717) is 16.3 Å². The molecular weight excluding hydrogens is 283 g/mol. The standard InChI is InChI=1S/C15H14ClFOS/c1-10(18)11-4-2-5-12(8-11)19-9-13-14(16)6-3-7-15(13)17/h2-8,10,18H,9H2,1H3. The van der Waals surface area contributed by atoms with Gasteiger partial charge in [-0.15, -0.1) is 11.8 Å². The molecule has 2 rings (SSSR count). The van der Waals surface area contributed by atoms with Gasteiger partial charge in [0.05, 0.1) is 6.10 Å². The number of hydrogen-bond donors (Lipinski definition) is 1. The topological polar surface area (TPSA) is 20.2 Å². The SMILES string of the molecule is CC(O)c1cccc(SCc2c(F)cccc2Cl)c1. The Morgan fingerprint density at radius 3 is 2.68 bits per heavy atom. The third-order valence-electron chi connectivity index (χ3n) is 2.79. The van der Waals surface area contributed by atoms with Gasteiger partial charge in [-0.2, -0.15) is 0 Å². The zero-order chi connectivity index (χ0) is 13.8. The van der Waals surface area contributed by atoms with E-state index in [2.05, 4.69) is 0 Å². The fourth-order valence-electron chi connectivity index (χ4n) is 1.69. The first kappa shape index (κ1) is 14.4. The van der Waals surface area contributed by atoms with Crippen LogP contribution >= 0.6 is 23.4 Å². The Bertz CT molecular complexity index is 552. The van der Waals surface area contributed by atoms with Crippen molar-refractivity contribution in [2.75, 3.05) is 0 Å². The number of halogens is 2. The molecule has 0 aliphatic carbocycles. The number of thioether (sulfide) groups is 1. The molecule has 1 N–H and O–H groups in total. The summed E-state index contributed by atoms with van der Waals surface area (Å²) >= 11 is 7.48. The van der Waals surface area contributed by atoms with Gasteiger partial charge in [-0.1, -0.05) is 29.8 Å². The third-order valence-corrected chi connectivity index (χ3v) is 4.16. The summed E-state index contributed by atoms with van der Waals surface area (Å²) in [5, 5.41) is 9.97. The van der Waals surface area contributed by atoms with Crippen LogP contribution in [0.1, 0.15) is 24.2 Å². The van der Waals surface area contributed by atoms with E-state index in [1.54, 1.807) is 19.1 Å². The molecule has 0 radical (unpaired) electrons. The molecule has 0 spiro atoms. The largest absolute Gasteiger partial charge is 0.389 e. The predicted molar refractivity (Wildman–Crippen MR) is 78.0 cm³/mol. The molecule has 2 aromatic rings. The first-order chi connectivity index (χ1) is 9.08. The molecule has 1 atom stereocenters. The Hall–Kier alpha value is -1.03. The molecule has 4 heteroatoms. The lowest BCUT2D eigenvalue weighted by molar-refractivity contribution is 0.199. The van der Waals surface area contributed by atoms with Crippen LogP contribution in [0.15, 0.2) is 47.4 Å². The number of aliphatic hydroxyl groups is 1. The van der Waals surface area contributed by atoms with E-state index < -0.39 is 6.10 Å². The van der Waals surface area contributed by atoms with Crippen LogP contribution in [-0.2, 0) is 5.75 Å². The molecule has 19 heavy (non-hydrogen) atoms. The minimum atomic E-state index is -0.502. The molecule has 0 aliphatic rings. The quantitative estimate of drug-likeness (QED) is 0.816. The Labute approximate surface area is 121 Å². The number of hydrogen-bond acceptors (Lipinski definition) is 2. The van der Waals surface area contributed by atoms with Gasteiger partial charge in [0.2, 0.25) is 0 Å². The lowest BCUT2D eigenvalue weighted by Gasteiger charge is -2.08. The highest BCUT2D eigenvalue weighted by molar-refractivity contribution is 7.98. The van der Waals surface area contributed by atoms with E-state index in [1.807, 2.05) is 24.3 Å². The molecule has 0 aliphatic heterocycles. The molecule has 2 aromatic carbocycles. The molecule has 0 aromatic heterocycles. The second-order valence-electron chi connectivity index (χ2n) is 4.24. The van der Waals surface area contributed by atoms with Crippen LogP contribution in [0.25, 0.3) is 0 Å². The summed E-state index contributed by atoms with van der Waals surface area (Å²) in [6, 6.07) is 12.3. The van der Waals surface area contributed by atoms with Gasteiger partial charge in [-0.25, -0.2) is 4.39 Å². The molecule has 0 saturated heterocycles. The molecule has 0 amide bonds. The second kappa shape index (κ2) is 6.42. The third kappa shape index (κ3) is 3.72. The van der Waals surface area contributed by atoms with Crippen LogP contribution in [0, 0.1) is 5.82 Å². The average Bonchev–Trinajstić information content (AvgIpc) is 2.38. The maximum atomic E-state index is 13.6. The predicted octanol–water partition coefficient (Wildman–Crippen LogP) is 4.82. The molecule has 1 nitrogen and oxygen atoms in total. The van der Waals surface area contributed by atoms with Crippen molar-refractivity contribution >= 4 is 23.4 Å². The van der Waals surface area contributed by atoms with Gasteiger partial charge >= 0.3 is 0 Å². The normalized spacial score (nSPS) is 12.4. The molecule has 0 fully saturated rings. The molecular formula is C15H14ClFOS. The summed E-state index contributed by atoms with van der Waals surface area (Å²) in [7, 11) is 0.